The van der Waals surface area contributed by atoms with Gasteiger partial charge in [-0.2, -0.15) is 18.2 Å². The van der Waals surface area contributed by atoms with Gasteiger partial charge in [-0.3, -0.25) is 0 Å². The minimum atomic E-state index is -4.38. The van der Waals surface area contributed by atoms with Crippen LogP contribution in [0, 0.1) is 0 Å². The maximum absolute atomic E-state index is 13.0. The van der Waals surface area contributed by atoms with E-state index in [-0.39, 0.29) is 0 Å². The van der Waals surface area contributed by atoms with Crippen molar-refractivity contribution in [2.24, 2.45) is 0 Å². The van der Waals surface area contributed by atoms with Crippen molar-refractivity contribution in [2.75, 3.05) is 16.8 Å². The number of hydrogen-bond acceptors (Lipinski definition) is 4. The first kappa shape index (κ1) is 20.4. The fourth-order valence-electron chi connectivity index (χ4n) is 3.70. The summed E-state index contributed by atoms with van der Waals surface area (Å²) in [6.45, 7) is 5.21. The van der Waals surface area contributed by atoms with E-state index < -0.39 is 11.7 Å². The second-order valence-electron chi connectivity index (χ2n) is 7.25. The molecule has 1 unspecified atom stereocenters. The lowest BCUT2D eigenvalue weighted by molar-refractivity contribution is -0.137. The Morgan fingerprint density at radius 3 is 2.68 bits per heavy atom. The van der Waals surface area contributed by atoms with Gasteiger partial charge >= 0.3 is 6.18 Å². The van der Waals surface area contributed by atoms with Crippen LogP contribution in [0.5, 0.6) is 0 Å². The molecule has 1 atom stereocenters. The van der Waals surface area contributed by atoms with Crippen LogP contribution in [-0.4, -0.2) is 22.6 Å². The minimum Gasteiger partial charge on any atom is -0.353 e. The predicted octanol–water partition coefficient (Wildman–Crippen LogP) is 5.96. The van der Waals surface area contributed by atoms with Crippen molar-refractivity contribution >= 4 is 17.5 Å². The van der Waals surface area contributed by atoms with Crippen LogP contribution >= 0.6 is 0 Å². The molecule has 0 radical (unpaired) electrons. The zero-order valence-corrected chi connectivity index (χ0v) is 16.4. The molecule has 2 aromatic rings. The molecule has 0 saturated carbocycles. The van der Waals surface area contributed by atoms with Crippen molar-refractivity contribution in [1.82, 2.24) is 9.97 Å². The number of alkyl halides is 3. The van der Waals surface area contributed by atoms with Gasteiger partial charge < -0.3 is 10.2 Å². The number of hydrogen-bond donors (Lipinski definition) is 1. The molecule has 1 aromatic carbocycles. The number of rotatable bonds is 6. The quantitative estimate of drug-likeness (QED) is 0.658. The molecule has 1 aliphatic heterocycles. The highest BCUT2D eigenvalue weighted by Crippen LogP contribution is 2.32. The topological polar surface area (TPSA) is 41.1 Å². The molecule has 0 aliphatic carbocycles. The molecule has 28 heavy (non-hydrogen) atoms. The van der Waals surface area contributed by atoms with E-state index in [4.69, 9.17) is 0 Å². The summed E-state index contributed by atoms with van der Waals surface area (Å²) in [4.78, 5) is 11.5. The SMILES string of the molecule is CCCc1cc(N2CCCCC2CC)nc(Nc2cccc(C(F)(F)F)c2)n1. The fraction of sp³-hybridized carbons (Fsp3) is 0.524. The summed E-state index contributed by atoms with van der Waals surface area (Å²) < 4.78 is 39.0. The Hall–Kier alpha value is -2.31. The van der Waals surface area contributed by atoms with Gasteiger partial charge in [0, 0.05) is 30.0 Å². The van der Waals surface area contributed by atoms with E-state index in [0.29, 0.717) is 17.7 Å². The van der Waals surface area contributed by atoms with Crippen LogP contribution in [0.4, 0.5) is 30.6 Å². The van der Waals surface area contributed by atoms with Gasteiger partial charge in [-0.05, 0) is 50.3 Å². The summed E-state index contributed by atoms with van der Waals surface area (Å²) >= 11 is 0. The van der Waals surface area contributed by atoms with Crippen LogP contribution in [0.1, 0.15) is 57.2 Å². The van der Waals surface area contributed by atoms with Crippen molar-refractivity contribution in [2.45, 2.75) is 64.6 Å². The average Bonchev–Trinajstić information content (AvgIpc) is 2.67. The van der Waals surface area contributed by atoms with Crippen LogP contribution < -0.4 is 10.2 Å². The van der Waals surface area contributed by atoms with Gasteiger partial charge in [-0.1, -0.05) is 26.3 Å². The van der Waals surface area contributed by atoms with Crippen LogP contribution in [0.2, 0.25) is 0 Å². The first-order chi connectivity index (χ1) is 13.4. The Labute approximate surface area is 164 Å². The number of piperidine rings is 1. The smallest absolute Gasteiger partial charge is 0.353 e. The van der Waals surface area contributed by atoms with Gasteiger partial charge in [-0.25, -0.2) is 4.98 Å². The summed E-state index contributed by atoms with van der Waals surface area (Å²) in [6, 6.07) is 7.60. The molecular formula is C21H27F3N4. The molecule has 1 fully saturated rings. The standard InChI is InChI=1S/C21H27F3N4/c1-3-8-16-14-19(28-12-6-5-11-18(28)4-2)27-20(25-16)26-17-10-7-9-15(13-17)21(22,23)24/h7,9-10,13-14,18H,3-6,8,11-12H2,1-2H3,(H,25,26,27). The van der Waals surface area contributed by atoms with Gasteiger partial charge in [0.05, 0.1) is 5.56 Å². The maximum Gasteiger partial charge on any atom is 0.416 e. The second-order valence-corrected chi connectivity index (χ2v) is 7.25. The summed E-state index contributed by atoms with van der Waals surface area (Å²) in [5, 5.41) is 2.98. The van der Waals surface area contributed by atoms with Gasteiger partial charge in [0.15, 0.2) is 0 Å². The minimum absolute atomic E-state index is 0.333. The maximum atomic E-state index is 13.0. The molecule has 1 aliphatic rings. The van der Waals surface area contributed by atoms with Gasteiger partial charge in [0.2, 0.25) is 5.95 Å². The van der Waals surface area contributed by atoms with Crippen molar-refractivity contribution in [1.29, 1.82) is 0 Å². The average molecular weight is 392 g/mol. The molecule has 7 heteroatoms. The van der Waals surface area contributed by atoms with E-state index in [1.165, 1.54) is 12.5 Å². The summed E-state index contributed by atoms with van der Waals surface area (Å²) in [6.07, 6.45) is 1.89. The molecule has 1 aromatic heterocycles. The van der Waals surface area contributed by atoms with Crippen molar-refractivity contribution < 1.29 is 13.2 Å². The van der Waals surface area contributed by atoms with Crippen LogP contribution in [0.25, 0.3) is 0 Å². The lowest BCUT2D eigenvalue weighted by Gasteiger charge is -2.36. The highest BCUT2D eigenvalue weighted by molar-refractivity contribution is 5.57. The van der Waals surface area contributed by atoms with Gasteiger partial charge in [0.1, 0.15) is 5.82 Å². The Morgan fingerprint density at radius 2 is 1.96 bits per heavy atom. The predicted molar refractivity (Wildman–Crippen MR) is 106 cm³/mol. The van der Waals surface area contributed by atoms with Crippen LogP contribution in [0.15, 0.2) is 30.3 Å². The Kier molecular flexibility index (Phi) is 6.42. The van der Waals surface area contributed by atoms with Crippen molar-refractivity contribution in [3.8, 4) is 0 Å². The third-order valence-electron chi connectivity index (χ3n) is 5.11. The number of anilines is 3. The summed E-state index contributed by atoms with van der Waals surface area (Å²) in [7, 11) is 0. The third-order valence-corrected chi connectivity index (χ3v) is 5.11. The lowest BCUT2D eigenvalue weighted by Crippen LogP contribution is -2.39. The Morgan fingerprint density at radius 1 is 1.14 bits per heavy atom. The zero-order chi connectivity index (χ0) is 20.1. The molecule has 2 heterocycles. The molecule has 152 valence electrons. The molecular weight excluding hydrogens is 365 g/mol. The number of aryl methyl sites for hydroxylation is 1. The molecule has 0 spiro atoms. The van der Waals surface area contributed by atoms with E-state index in [1.54, 1.807) is 6.07 Å². The van der Waals surface area contributed by atoms with Gasteiger partial charge in [0.25, 0.3) is 0 Å². The lowest BCUT2D eigenvalue weighted by atomic mass is 10.00. The van der Waals surface area contributed by atoms with Crippen LogP contribution in [0.3, 0.4) is 0 Å². The normalized spacial score (nSPS) is 17.6. The van der Waals surface area contributed by atoms with Crippen molar-refractivity contribution in [3.05, 3.63) is 41.6 Å². The van der Waals surface area contributed by atoms with Gasteiger partial charge in [-0.15, -0.1) is 0 Å². The molecule has 0 bridgehead atoms. The van der Waals surface area contributed by atoms with E-state index in [0.717, 1.165) is 62.3 Å². The zero-order valence-electron chi connectivity index (χ0n) is 16.4. The molecule has 1 saturated heterocycles. The van der Waals surface area contributed by atoms with E-state index >= 15 is 0 Å². The monoisotopic (exact) mass is 392 g/mol. The largest absolute Gasteiger partial charge is 0.416 e. The first-order valence-electron chi connectivity index (χ1n) is 9.99. The molecule has 0 amide bonds. The second kappa shape index (κ2) is 8.80. The van der Waals surface area contributed by atoms with E-state index in [2.05, 4.69) is 34.0 Å². The fourth-order valence-corrected chi connectivity index (χ4v) is 3.70. The summed E-state index contributed by atoms with van der Waals surface area (Å²) in [5.41, 5.74) is 0.548. The number of nitrogens with one attached hydrogen (secondary N) is 1. The van der Waals surface area contributed by atoms with Crippen molar-refractivity contribution in [3.63, 3.8) is 0 Å². The highest BCUT2D eigenvalue weighted by atomic mass is 19.4. The molecule has 1 N–H and O–H groups in total. The number of aromatic nitrogens is 2. The Balaban J connectivity index is 1.91. The summed E-state index contributed by atoms with van der Waals surface area (Å²) in [5.74, 6) is 1.21. The van der Waals surface area contributed by atoms with E-state index in [9.17, 15) is 13.2 Å². The Bertz CT molecular complexity index is 791. The number of halogens is 3. The number of benzene rings is 1. The third kappa shape index (κ3) is 4.94. The highest BCUT2D eigenvalue weighted by Gasteiger charge is 2.30. The number of nitrogens with zero attached hydrogens (tertiary/aromatic N) is 3. The molecule has 4 nitrogen and oxygen atoms in total. The van der Waals surface area contributed by atoms with Crippen LogP contribution in [-0.2, 0) is 12.6 Å². The van der Waals surface area contributed by atoms with E-state index in [1.807, 2.05) is 6.07 Å². The first-order valence-corrected chi connectivity index (χ1v) is 9.99. The molecule has 3 rings (SSSR count).